The van der Waals surface area contributed by atoms with E-state index in [2.05, 4.69) is 17.2 Å². The Morgan fingerprint density at radius 1 is 0.525 bits per heavy atom. The Bertz CT molecular complexity index is 2950. The second-order valence-corrected chi connectivity index (χ2v) is 17.2. The molecule has 0 aromatic heterocycles. The van der Waals surface area contributed by atoms with Crippen molar-refractivity contribution in [1.82, 2.24) is 0 Å². The molecule has 0 fully saturated rings. The van der Waals surface area contributed by atoms with E-state index >= 15 is 0 Å². The maximum Gasteiger partial charge on any atom is 0.296 e. The molecule has 15 heteroatoms. The van der Waals surface area contributed by atoms with Crippen molar-refractivity contribution in [1.29, 1.82) is 0 Å². The molecule has 13 nitrogen and oxygen atoms in total. The van der Waals surface area contributed by atoms with Crippen LogP contribution in [-0.4, -0.2) is 43.3 Å². The largest absolute Gasteiger partial charge is 0.397 e. The van der Waals surface area contributed by atoms with Crippen molar-refractivity contribution in [3.8, 4) is 0 Å². The first kappa shape index (κ1) is 38.9. The Kier molecular flexibility index (Phi) is 9.16. The van der Waals surface area contributed by atoms with Gasteiger partial charge in [-0.3, -0.25) is 23.5 Å². The second-order valence-electron chi connectivity index (χ2n) is 14.4. The molecule has 0 saturated heterocycles. The second kappa shape index (κ2) is 13.9. The standard InChI is InChI=1S/C44H34N4O9S2/c1-21-16-24(12-14-30(21)47-32-19-34(58(52,53)54)40(45)36-23(3)26-8-4-5-9-27(26)42(49)37(32)36)18-25-13-15-31(22(2)17-25)48-33-20-35(59(55,56)57)41(46)39-38(33)43(50)28-10-6-7-11-29(28)44(39)51/h4-17,19-20,47-48H,3,18,45-46H2,1-2H3,(H,52,53,54)(H,55,56,57). The van der Waals surface area contributed by atoms with E-state index in [4.69, 9.17) is 11.5 Å². The van der Waals surface area contributed by atoms with Crippen molar-refractivity contribution in [3.05, 3.63) is 170 Å². The Morgan fingerprint density at radius 2 is 0.898 bits per heavy atom. The Labute approximate surface area is 338 Å². The van der Waals surface area contributed by atoms with E-state index in [1.165, 1.54) is 12.1 Å². The number of carbonyl (C=O) groups is 3. The van der Waals surface area contributed by atoms with Gasteiger partial charge in [0.05, 0.1) is 39.4 Å². The van der Waals surface area contributed by atoms with E-state index in [9.17, 15) is 40.3 Å². The summed E-state index contributed by atoms with van der Waals surface area (Å²) in [6, 6.07) is 26.2. The lowest BCUT2D eigenvalue weighted by Crippen LogP contribution is -2.25. The van der Waals surface area contributed by atoms with Crippen LogP contribution in [0.4, 0.5) is 34.1 Å². The molecule has 8 rings (SSSR count). The van der Waals surface area contributed by atoms with E-state index in [0.717, 1.165) is 28.8 Å². The lowest BCUT2D eigenvalue weighted by molar-refractivity contribution is 0.0980. The normalized spacial score (nSPS) is 13.4. The zero-order valence-electron chi connectivity index (χ0n) is 31.4. The number of nitrogens with two attached hydrogens (primary N) is 2. The zero-order valence-corrected chi connectivity index (χ0v) is 33.0. The highest BCUT2D eigenvalue weighted by molar-refractivity contribution is 7.86. The van der Waals surface area contributed by atoms with Crippen LogP contribution in [0, 0.1) is 13.8 Å². The van der Waals surface area contributed by atoms with E-state index in [0.29, 0.717) is 40.1 Å². The van der Waals surface area contributed by atoms with Crippen molar-refractivity contribution >= 4 is 77.3 Å². The molecule has 0 radical (unpaired) electrons. The number of hydrogen-bond donors (Lipinski definition) is 6. The van der Waals surface area contributed by atoms with Crippen LogP contribution >= 0.6 is 0 Å². The van der Waals surface area contributed by atoms with Gasteiger partial charge in [0.1, 0.15) is 9.79 Å². The third kappa shape index (κ3) is 6.55. The molecule has 8 N–H and O–H groups in total. The van der Waals surface area contributed by atoms with E-state index in [-0.39, 0.29) is 56.2 Å². The van der Waals surface area contributed by atoms with Gasteiger partial charge in [-0.1, -0.05) is 79.4 Å². The quantitative estimate of drug-likeness (QED) is 0.0647. The molecule has 2 aliphatic carbocycles. The molecule has 0 unspecified atom stereocenters. The van der Waals surface area contributed by atoms with Crippen LogP contribution in [0.5, 0.6) is 0 Å². The number of rotatable bonds is 8. The van der Waals surface area contributed by atoms with E-state index in [1.807, 2.05) is 38.1 Å². The average molecular weight is 827 g/mol. The van der Waals surface area contributed by atoms with Gasteiger partial charge in [-0.15, -0.1) is 0 Å². The molecule has 2 aliphatic rings. The van der Waals surface area contributed by atoms with Crippen molar-refractivity contribution in [2.45, 2.75) is 30.1 Å². The van der Waals surface area contributed by atoms with Crippen LogP contribution in [-0.2, 0) is 26.7 Å². The molecular formula is C44H34N4O9S2. The van der Waals surface area contributed by atoms with Gasteiger partial charge in [-0.05, 0) is 77.9 Å². The summed E-state index contributed by atoms with van der Waals surface area (Å²) in [7, 11) is -9.69. The predicted octanol–water partition coefficient (Wildman–Crippen LogP) is 7.42. The summed E-state index contributed by atoms with van der Waals surface area (Å²) in [5.74, 6) is -1.57. The van der Waals surface area contributed by atoms with Crippen LogP contribution in [0.25, 0.3) is 5.57 Å². The molecule has 0 heterocycles. The summed E-state index contributed by atoms with van der Waals surface area (Å²) in [5, 5.41) is 6.29. The summed E-state index contributed by atoms with van der Waals surface area (Å²) >= 11 is 0. The van der Waals surface area contributed by atoms with Crippen molar-refractivity contribution in [2.24, 2.45) is 0 Å². The molecule has 6 aromatic rings. The Hall–Kier alpha value is -6.91. The van der Waals surface area contributed by atoms with Gasteiger partial charge in [-0.2, -0.15) is 16.8 Å². The van der Waals surface area contributed by atoms with Crippen molar-refractivity contribution in [3.63, 3.8) is 0 Å². The zero-order chi connectivity index (χ0) is 42.3. The summed E-state index contributed by atoms with van der Waals surface area (Å²) in [5.41, 5.74) is 17.2. The highest BCUT2D eigenvalue weighted by atomic mass is 32.2. The lowest BCUT2D eigenvalue weighted by atomic mass is 9.80. The summed E-state index contributed by atoms with van der Waals surface area (Å²) < 4.78 is 69.8. The Balaban J connectivity index is 1.09. The maximum absolute atomic E-state index is 13.9. The van der Waals surface area contributed by atoms with Crippen LogP contribution in [0.2, 0.25) is 0 Å². The van der Waals surface area contributed by atoms with E-state index in [1.54, 1.807) is 48.5 Å². The molecule has 296 valence electrons. The molecule has 0 aliphatic heterocycles. The minimum Gasteiger partial charge on any atom is -0.397 e. The highest BCUT2D eigenvalue weighted by Gasteiger charge is 2.37. The predicted molar refractivity (Wildman–Crippen MR) is 224 cm³/mol. The van der Waals surface area contributed by atoms with Gasteiger partial charge in [0.15, 0.2) is 17.3 Å². The lowest BCUT2D eigenvalue weighted by Gasteiger charge is -2.26. The fourth-order valence-corrected chi connectivity index (χ4v) is 9.13. The highest BCUT2D eigenvalue weighted by Crippen LogP contribution is 2.45. The summed E-state index contributed by atoms with van der Waals surface area (Å²) in [6.07, 6.45) is 0.468. The number of nitrogens with one attached hydrogen (secondary N) is 2. The fraction of sp³-hybridized carbons (Fsp3) is 0.0682. The van der Waals surface area contributed by atoms with E-state index < -0.39 is 47.3 Å². The van der Waals surface area contributed by atoms with Crippen LogP contribution in [0.3, 0.4) is 0 Å². The van der Waals surface area contributed by atoms with Gasteiger partial charge in [0.2, 0.25) is 0 Å². The maximum atomic E-state index is 13.9. The molecule has 6 aromatic carbocycles. The number of nitrogen functional groups attached to an aromatic ring is 2. The van der Waals surface area contributed by atoms with Gasteiger partial charge >= 0.3 is 0 Å². The average Bonchev–Trinajstić information content (AvgIpc) is 3.18. The smallest absolute Gasteiger partial charge is 0.296 e. The van der Waals surface area contributed by atoms with Crippen LogP contribution < -0.4 is 22.1 Å². The third-order valence-corrected chi connectivity index (χ3v) is 12.4. The summed E-state index contributed by atoms with van der Waals surface area (Å²) in [6.45, 7) is 7.76. The number of ketones is 3. The SMILES string of the molecule is C=C1c2ccccc2C(=O)c2c(Nc3ccc(Cc4ccc(Nc5cc(S(=O)(=O)O)c(N)c6c5C(=O)c5ccccc5C6=O)c(C)c4)cc3C)cc(S(=O)(=O)O)c(N)c21. The third-order valence-electron chi connectivity index (χ3n) is 10.6. The van der Waals surface area contributed by atoms with Crippen molar-refractivity contribution < 1.29 is 40.3 Å². The number of fused-ring (bicyclic) bond motifs is 4. The Morgan fingerprint density at radius 3 is 1.32 bits per heavy atom. The number of aryl methyl sites for hydroxylation is 2. The molecular weight excluding hydrogens is 793 g/mol. The van der Waals surface area contributed by atoms with Gasteiger partial charge in [0, 0.05) is 33.6 Å². The molecule has 0 amide bonds. The van der Waals surface area contributed by atoms with Crippen LogP contribution in [0.1, 0.15) is 81.1 Å². The monoisotopic (exact) mass is 826 g/mol. The number of anilines is 6. The first-order valence-electron chi connectivity index (χ1n) is 18.0. The van der Waals surface area contributed by atoms with Crippen LogP contribution in [0.15, 0.2) is 113 Å². The molecule has 59 heavy (non-hydrogen) atoms. The number of carbonyl (C=O) groups excluding carboxylic acids is 3. The first-order chi connectivity index (χ1) is 27.8. The topological polar surface area (TPSA) is 236 Å². The molecule has 0 bridgehead atoms. The minimum atomic E-state index is -4.90. The van der Waals surface area contributed by atoms with Gasteiger partial charge < -0.3 is 22.1 Å². The molecule has 0 atom stereocenters. The summed E-state index contributed by atoms with van der Waals surface area (Å²) in [4.78, 5) is 39.9. The molecule has 0 saturated carbocycles. The molecule has 0 spiro atoms. The fourth-order valence-electron chi connectivity index (χ4n) is 7.83. The van der Waals surface area contributed by atoms with Gasteiger partial charge in [-0.25, -0.2) is 0 Å². The number of hydrogen-bond acceptors (Lipinski definition) is 11. The van der Waals surface area contributed by atoms with Gasteiger partial charge in [0.25, 0.3) is 20.2 Å². The number of benzene rings is 6. The first-order valence-corrected chi connectivity index (χ1v) is 20.9. The minimum absolute atomic E-state index is 0.0226. The van der Waals surface area contributed by atoms with Crippen molar-refractivity contribution in [2.75, 3.05) is 22.1 Å².